The van der Waals surface area contributed by atoms with E-state index in [9.17, 15) is 4.79 Å². The van der Waals surface area contributed by atoms with Crippen molar-refractivity contribution in [3.63, 3.8) is 0 Å². The predicted molar refractivity (Wildman–Crippen MR) is 77.3 cm³/mol. The molecule has 0 unspecified atom stereocenters. The van der Waals surface area contributed by atoms with Crippen molar-refractivity contribution in [2.75, 3.05) is 5.32 Å². The predicted octanol–water partition coefficient (Wildman–Crippen LogP) is 4.78. The van der Waals surface area contributed by atoms with Gasteiger partial charge in [-0.1, -0.05) is 41.4 Å². The summed E-state index contributed by atoms with van der Waals surface area (Å²) < 4.78 is 4.61. The molecule has 2 aromatic carbocycles. The second kappa shape index (κ2) is 6.15. The first-order chi connectivity index (χ1) is 9.13. The van der Waals surface area contributed by atoms with Crippen LogP contribution in [0.5, 0.6) is 5.75 Å². The Morgan fingerprint density at radius 1 is 1.05 bits per heavy atom. The maximum atomic E-state index is 12.1. The van der Waals surface area contributed by atoms with Crippen LogP contribution in [0.2, 0.25) is 10.0 Å². The molecule has 2 rings (SSSR count). The Balaban J connectivity index is 2.32. The largest absolute Gasteiger partial charge is 0.383 e. The molecule has 0 saturated carbocycles. The fraction of sp³-hybridized carbons (Fsp3) is 0. The van der Waals surface area contributed by atoms with Crippen molar-refractivity contribution in [1.29, 1.82) is 0 Å². The fourth-order valence-corrected chi connectivity index (χ4v) is 2.06. The highest BCUT2D eigenvalue weighted by atomic mass is 35.5. The third-order valence-corrected chi connectivity index (χ3v) is 3.34. The normalized spacial score (nSPS) is 10.1. The van der Waals surface area contributed by atoms with Crippen LogP contribution in [0.1, 0.15) is 10.4 Å². The number of hydrogen-bond acceptors (Lipinski definition) is 2. The smallest absolute Gasteiger partial charge is 0.259 e. The molecule has 0 fully saturated rings. The Morgan fingerprint density at radius 3 is 2.37 bits per heavy atom. The van der Waals surface area contributed by atoms with Crippen molar-refractivity contribution in [2.45, 2.75) is 0 Å². The molecule has 0 aliphatic heterocycles. The summed E-state index contributed by atoms with van der Waals surface area (Å²) in [5.41, 5.74) is 0.854. The molecule has 1 N–H and O–H groups in total. The zero-order chi connectivity index (χ0) is 13.8. The number of halogens is 3. The fourth-order valence-electron chi connectivity index (χ4n) is 1.51. The zero-order valence-electron chi connectivity index (χ0n) is 9.49. The van der Waals surface area contributed by atoms with Gasteiger partial charge in [-0.3, -0.25) is 4.79 Å². The van der Waals surface area contributed by atoms with E-state index >= 15 is 0 Å². The monoisotopic (exact) mass is 315 g/mol. The van der Waals surface area contributed by atoms with Gasteiger partial charge in [0.2, 0.25) is 0 Å². The van der Waals surface area contributed by atoms with Gasteiger partial charge in [0, 0.05) is 5.69 Å². The molecule has 0 radical (unpaired) electrons. The number of rotatable bonds is 3. The topological polar surface area (TPSA) is 38.3 Å². The Morgan fingerprint density at radius 2 is 1.74 bits per heavy atom. The van der Waals surface area contributed by atoms with E-state index in [1.165, 1.54) is 12.1 Å². The Bertz CT molecular complexity index is 602. The van der Waals surface area contributed by atoms with Gasteiger partial charge in [0.1, 0.15) is 16.9 Å². The van der Waals surface area contributed by atoms with E-state index < -0.39 is 0 Å². The van der Waals surface area contributed by atoms with E-state index in [1.54, 1.807) is 12.1 Å². The van der Waals surface area contributed by atoms with E-state index in [4.69, 9.17) is 35.1 Å². The molecule has 0 heterocycles. The lowest BCUT2D eigenvalue weighted by Crippen LogP contribution is -2.12. The molecule has 0 aromatic heterocycles. The lowest BCUT2D eigenvalue weighted by Gasteiger charge is -2.10. The summed E-state index contributed by atoms with van der Waals surface area (Å²) in [6, 6.07) is 12.0. The molecule has 98 valence electrons. The highest BCUT2D eigenvalue weighted by Crippen LogP contribution is 2.36. The summed E-state index contributed by atoms with van der Waals surface area (Å²) in [6.45, 7) is 0. The van der Waals surface area contributed by atoms with Crippen LogP contribution >= 0.6 is 35.1 Å². The first kappa shape index (κ1) is 14.0. The molecule has 0 bridgehead atoms. The highest BCUT2D eigenvalue weighted by Gasteiger charge is 2.18. The van der Waals surface area contributed by atoms with Crippen molar-refractivity contribution < 1.29 is 9.08 Å². The van der Waals surface area contributed by atoms with Gasteiger partial charge in [-0.15, -0.1) is 0 Å². The van der Waals surface area contributed by atoms with Crippen molar-refractivity contribution >= 4 is 46.7 Å². The standard InChI is InChI=1S/C13H8Cl3NO2/c14-10-7-6-9(12(19-16)11(10)15)13(18)17-8-4-2-1-3-5-8/h1-7H,(H,17,18). The third-order valence-electron chi connectivity index (χ3n) is 2.40. The number of hydrogen-bond donors (Lipinski definition) is 1. The highest BCUT2D eigenvalue weighted by molar-refractivity contribution is 6.43. The SMILES string of the molecule is O=C(Nc1ccccc1)c1ccc(Cl)c(Cl)c1OCl. The number of anilines is 1. The van der Waals surface area contributed by atoms with Crippen LogP contribution in [0.3, 0.4) is 0 Å². The number of carbonyl (C=O) groups excluding carboxylic acids is 1. The molecular weight excluding hydrogens is 309 g/mol. The Kier molecular flexibility index (Phi) is 4.53. The third kappa shape index (κ3) is 3.13. The molecule has 3 nitrogen and oxygen atoms in total. The molecule has 1 amide bonds. The Hall–Kier alpha value is -1.42. The number of benzene rings is 2. The van der Waals surface area contributed by atoms with Crippen molar-refractivity contribution in [2.24, 2.45) is 0 Å². The van der Waals surface area contributed by atoms with Crippen LogP contribution in [0, 0.1) is 0 Å². The van der Waals surface area contributed by atoms with Gasteiger partial charge in [0.25, 0.3) is 5.91 Å². The summed E-state index contributed by atoms with van der Waals surface area (Å²) in [5.74, 6) is -0.357. The quantitative estimate of drug-likeness (QED) is 0.885. The summed E-state index contributed by atoms with van der Waals surface area (Å²) >= 11 is 17.1. The van der Waals surface area contributed by atoms with E-state index in [1.807, 2.05) is 18.2 Å². The number of para-hydroxylation sites is 1. The minimum Gasteiger partial charge on any atom is -0.383 e. The molecule has 0 saturated heterocycles. The second-order valence-corrected chi connectivity index (χ2v) is 4.57. The Labute approximate surface area is 125 Å². The minimum absolute atomic E-state index is 0.0317. The maximum absolute atomic E-state index is 12.1. The van der Waals surface area contributed by atoms with Crippen LogP contribution in [0.25, 0.3) is 0 Å². The van der Waals surface area contributed by atoms with Gasteiger partial charge in [0.15, 0.2) is 5.75 Å². The molecular formula is C13H8Cl3NO2. The number of nitrogens with one attached hydrogen (secondary N) is 1. The summed E-state index contributed by atoms with van der Waals surface area (Å²) in [6.07, 6.45) is 0. The van der Waals surface area contributed by atoms with Crippen LogP contribution in [-0.4, -0.2) is 5.91 Å². The van der Waals surface area contributed by atoms with Crippen molar-refractivity contribution in [1.82, 2.24) is 0 Å². The van der Waals surface area contributed by atoms with Gasteiger partial charge in [-0.25, -0.2) is 0 Å². The van der Waals surface area contributed by atoms with Crippen molar-refractivity contribution in [3.8, 4) is 5.75 Å². The average Bonchev–Trinajstić information content (AvgIpc) is 2.42. The van der Waals surface area contributed by atoms with Crippen LogP contribution in [-0.2, 0) is 0 Å². The number of carbonyl (C=O) groups is 1. The first-order valence-corrected chi connectivity index (χ1v) is 6.33. The summed E-state index contributed by atoms with van der Waals surface area (Å²) in [7, 11) is 0. The van der Waals surface area contributed by atoms with E-state index in [0.29, 0.717) is 5.69 Å². The van der Waals surface area contributed by atoms with Gasteiger partial charge < -0.3 is 9.61 Å². The van der Waals surface area contributed by atoms with Crippen molar-refractivity contribution in [3.05, 3.63) is 58.1 Å². The summed E-state index contributed by atoms with van der Waals surface area (Å²) in [5, 5.41) is 3.05. The first-order valence-electron chi connectivity index (χ1n) is 5.26. The van der Waals surface area contributed by atoms with E-state index in [2.05, 4.69) is 9.61 Å². The second-order valence-electron chi connectivity index (χ2n) is 3.64. The molecule has 0 aliphatic rings. The van der Waals surface area contributed by atoms with Gasteiger partial charge in [-0.2, -0.15) is 0 Å². The molecule has 0 spiro atoms. The average molecular weight is 317 g/mol. The van der Waals surface area contributed by atoms with Gasteiger partial charge >= 0.3 is 0 Å². The lowest BCUT2D eigenvalue weighted by molar-refractivity contribution is 0.102. The molecule has 2 aromatic rings. The molecule has 0 aliphatic carbocycles. The maximum Gasteiger partial charge on any atom is 0.259 e. The molecule has 19 heavy (non-hydrogen) atoms. The van der Waals surface area contributed by atoms with Crippen LogP contribution in [0.15, 0.2) is 42.5 Å². The molecule has 0 atom stereocenters. The lowest BCUT2D eigenvalue weighted by atomic mass is 10.2. The van der Waals surface area contributed by atoms with Gasteiger partial charge in [-0.05, 0) is 24.3 Å². The van der Waals surface area contributed by atoms with Crippen LogP contribution in [0.4, 0.5) is 5.69 Å². The van der Waals surface area contributed by atoms with Gasteiger partial charge in [0.05, 0.1) is 10.6 Å². The van der Waals surface area contributed by atoms with E-state index in [-0.39, 0.29) is 27.3 Å². The van der Waals surface area contributed by atoms with E-state index in [0.717, 1.165) is 0 Å². The minimum atomic E-state index is -0.389. The van der Waals surface area contributed by atoms with Crippen LogP contribution < -0.4 is 9.61 Å². The number of amides is 1. The molecule has 6 heteroatoms. The zero-order valence-corrected chi connectivity index (χ0v) is 11.8. The summed E-state index contributed by atoms with van der Waals surface area (Å²) in [4.78, 5) is 12.1.